The second-order valence-electron chi connectivity index (χ2n) is 2.55. The normalized spacial score (nSPS) is 24.6. The van der Waals surface area contributed by atoms with E-state index in [1.165, 1.54) is 0 Å². The van der Waals surface area contributed by atoms with Gasteiger partial charge in [-0.15, -0.1) is 0 Å². The number of aliphatic hydroxyl groups excluding tert-OH is 1. The van der Waals surface area contributed by atoms with E-state index in [1.807, 2.05) is 5.01 Å². The molecule has 2 aliphatic heterocycles. The highest BCUT2D eigenvalue weighted by Gasteiger charge is 2.25. The number of nitrogens with one attached hydrogen (secondary N) is 1. The van der Waals surface area contributed by atoms with Crippen LogP contribution in [-0.2, 0) is 4.84 Å². The summed E-state index contributed by atoms with van der Waals surface area (Å²) >= 11 is 0. The third kappa shape index (κ3) is 0.724. The largest absolute Gasteiger partial charge is 0.478 e. The Morgan fingerprint density at radius 1 is 1.50 bits per heavy atom. The highest BCUT2D eigenvalue weighted by atomic mass is 16.8. The van der Waals surface area contributed by atoms with Gasteiger partial charge in [-0.2, -0.15) is 0 Å². The van der Waals surface area contributed by atoms with E-state index < -0.39 is 0 Å². The number of allylic oxidation sites excluding steroid dienone is 1. The van der Waals surface area contributed by atoms with Crippen LogP contribution in [0.2, 0.25) is 0 Å². The first kappa shape index (κ1) is 5.85. The summed E-state index contributed by atoms with van der Waals surface area (Å²) in [4.78, 5) is 4.71. The monoisotopic (exact) mass is 142 g/mol. The molecule has 0 unspecified atom stereocenters. The van der Waals surface area contributed by atoms with Gasteiger partial charge in [0.1, 0.15) is 5.70 Å². The van der Waals surface area contributed by atoms with Crippen molar-refractivity contribution in [2.24, 2.45) is 0 Å². The van der Waals surface area contributed by atoms with Gasteiger partial charge in [-0.25, -0.2) is 0 Å². The van der Waals surface area contributed by atoms with Gasteiger partial charge < -0.3 is 9.94 Å². The van der Waals surface area contributed by atoms with Gasteiger partial charge in [0.2, 0.25) is 0 Å². The van der Waals surface area contributed by atoms with Crippen LogP contribution in [0.15, 0.2) is 11.6 Å². The van der Waals surface area contributed by atoms with Crippen molar-refractivity contribution < 1.29 is 9.94 Å². The van der Waals surface area contributed by atoms with Crippen LogP contribution in [0.3, 0.4) is 0 Å². The van der Waals surface area contributed by atoms with Crippen molar-refractivity contribution in [3.05, 3.63) is 11.6 Å². The summed E-state index contributed by atoms with van der Waals surface area (Å²) in [6, 6.07) is 0. The highest BCUT2D eigenvalue weighted by molar-refractivity contribution is 5.05. The van der Waals surface area contributed by atoms with Crippen molar-refractivity contribution in [2.45, 2.75) is 19.3 Å². The van der Waals surface area contributed by atoms with E-state index in [4.69, 9.17) is 9.94 Å². The number of nitrogens with zero attached hydrogens (tertiary/aromatic N) is 1. The predicted octanol–water partition coefficient (Wildman–Crippen LogP) is 0.649. The minimum atomic E-state index is 0.0414. The molecule has 0 aromatic heterocycles. The first-order chi connectivity index (χ1) is 4.88. The van der Waals surface area contributed by atoms with Crippen molar-refractivity contribution >= 4 is 0 Å². The lowest BCUT2D eigenvalue weighted by molar-refractivity contribution is -0.0248. The third-order valence-corrected chi connectivity index (χ3v) is 1.87. The Bertz CT molecular complexity index is 179. The fraction of sp³-hybridized carbons (Fsp3) is 0.667. The summed E-state index contributed by atoms with van der Waals surface area (Å²) in [5, 5.41) is 10.9. The Hall–Kier alpha value is -0.900. The maximum absolute atomic E-state index is 9.08. The van der Waals surface area contributed by atoms with E-state index in [2.05, 4.69) is 5.59 Å². The summed E-state index contributed by atoms with van der Waals surface area (Å²) in [6.07, 6.45) is 3.22. The molecule has 0 atom stereocenters. The van der Waals surface area contributed by atoms with Crippen LogP contribution >= 0.6 is 0 Å². The molecule has 0 spiro atoms. The molecule has 0 aromatic carbocycles. The molecule has 1 saturated heterocycles. The maximum Gasteiger partial charge on any atom is 0.320 e. The highest BCUT2D eigenvalue weighted by Crippen LogP contribution is 2.24. The van der Waals surface area contributed by atoms with Crippen molar-refractivity contribution in [2.75, 3.05) is 6.54 Å². The van der Waals surface area contributed by atoms with E-state index in [0.717, 1.165) is 31.5 Å². The van der Waals surface area contributed by atoms with E-state index >= 15 is 0 Å². The summed E-state index contributed by atoms with van der Waals surface area (Å²) in [5.41, 5.74) is 3.51. The first-order valence-electron chi connectivity index (χ1n) is 3.50. The molecule has 4 nitrogen and oxygen atoms in total. The Balaban J connectivity index is 2.18. The molecular weight excluding hydrogens is 132 g/mol. The smallest absolute Gasteiger partial charge is 0.320 e. The third-order valence-electron chi connectivity index (χ3n) is 1.87. The predicted molar refractivity (Wildman–Crippen MR) is 34.4 cm³/mol. The minimum Gasteiger partial charge on any atom is -0.478 e. The number of fused-ring (bicyclic) bond motifs is 1. The van der Waals surface area contributed by atoms with Crippen LogP contribution in [0.25, 0.3) is 0 Å². The Kier molecular flexibility index (Phi) is 1.20. The van der Waals surface area contributed by atoms with Gasteiger partial charge in [-0.05, 0) is 19.3 Å². The standard InChI is InChI=1S/C6H10N2O2/c9-6-5-3-1-2-4-8(5)7-10-6/h7,9H,1-4H2. The molecule has 0 aromatic rings. The van der Waals surface area contributed by atoms with Crippen LogP contribution in [0.5, 0.6) is 0 Å². The van der Waals surface area contributed by atoms with Crippen molar-refractivity contribution in [1.82, 2.24) is 10.6 Å². The van der Waals surface area contributed by atoms with Crippen LogP contribution in [0.4, 0.5) is 0 Å². The number of rotatable bonds is 0. The van der Waals surface area contributed by atoms with Gasteiger partial charge in [0.05, 0.1) is 0 Å². The number of aliphatic hydroxyl groups is 1. The van der Waals surface area contributed by atoms with Gasteiger partial charge in [-0.1, -0.05) is 5.59 Å². The molecule has 1 fully saturated rings. The minimum absolute atomic E-state index is 0.0414. The summed E-state index contributed by atoms with van der Waals surface area (Å²) in [6.45, 7) is 0.930. The van der Waals surface area contributed by atoms with E-state index in [1.54, 1.807) is 0 Å². The molecule has 0 amide bonds. The van der Waals surface area contributed by atoms with Gasteiger partial charge in [0.15, 0.2) is 0 Å². The van der Waals surface area contributed by atoms with Gasteiger partial charge in [0.25, 0.3) is 0 Å². The molecule has 0 aliphatic carbocycles. The number of hydrogen-bond acceptors (Lipinski definition) is 4. The summed E-state index contributed by atoms with van der Waals surface area (Å²) in [5.74, 6) is 0.0414. The molecule has 56 valence electrons. The molecule has 10 heavy (non-hydrogen) atoms. The first-order valence-corrected chi connectivity index (χ1v) is 3.50. The lowest BCUT2D eigenvalue weighted by Crippen LogP contribution is -2.34. The maximum atomic E-state index is 9.08. The van der Waals surface area contributed by atoms with E-state index in [9.17, 15) is 0 Å². The molecule has 4 heteroatoms. The fourth-order valence-corrected chi connectivity index (χ4v) is 1.31. The van der Waals surface area contributed by atoms with Crippen molar-refractivity contribution in [1.29, 1.82) is 0 Å². The number of hydrogen-bond donors (Lipinski definition) is 2. The quantitative estimate of drug-likeness (QED) is 0.521. The van der Waals surface area contributed by atoms with Crippen LogP contribution in [0.1, 0.15) is 19.3 Å². The molecule has 0 radical (unpaired) electrons. The average Bonchev–Trinajstić information content (AvgIpc) is 2.34. The van der Waals surface area contributed by atoms with Crippen molar-refractivity contribution in [3.63, 3.8) is 0 Å². The van der Waals surface area contributed by atoms with Gasteiger partial charge in [-0.3, -0.25) is 5.01 Å². The Morgan fingerprint density at radius 2 is 2.40 bits per heavy atom. The average molecular weight is 142 g/mol. The molecule has 0 bridgehead atoms. The number of hydrazine groups is 1. The summed E-state index contributed by atoms with van der Waals surface area (Å²) in [7, 11) is 0. The van der Waals surface area contributed by atoms with Crippen LogP contribution in [0, 0.1) is 0 Å². The Labute approximate surface area is 59.0 Å². The number of piperidine rings is 1. The van der Waals surface area contributed by atoms with Crippen molar-refractivity contribution in [3.8, 4) is 0 Å². The molecule has 2 aliphatic rings. The molecule has 2 rings (SSSR count). The zero-order valence-corrected chi connectivity index (χ0v) is 5.63. The van der Waals surface area contributed by atoms with E-state index in [0.29, 0.717) is 0 Å². The van der Waals surface area contributed by atoms with Crippen LogP contribution < -0.4 is 5.59 Å². The zero-order chi connectivity index (χ0) is 6.97. The van der Waals surface area contributed by atoms with Crippen LogP contribution in [-0.4, -0.2) is 16.7 Å². The van der Waals surface area contributed by atoms with E-state index in [-0.39, 0.29) is 5.95 Å². The topological polar surface area (TPSA) is 44.7 Å². The second-order valence-corrected chi connectivity index (χ2v) is 2.55. The summed E-state index contributed by atoms with van der Waals surface area (Å²) < 4.78 is 0. The zero-order valence-electron chi connectivity index (χ0n) is 5.63. The SMILES string of the molecule is OC1=C2CCCCN2NO1. The molecule has 0 saturated carbocycles. The lowest BCUT2D eigenvalue weighted by Gasteiger charge is -2.22. The van der Waals surface area contributed by atoms with Gasteiger partial charge >= 0.3 is 5.95 Å². The molecular formula is C6H10N2O2. The van der Waals surface area contributed by atoms with Gasteiger partial charge in [0, 0.05) is 6.54 Å². The molecule has 2 heterocycles. The lowest BCUT2D eigenvalue weighted by atomic mass is 10.1. The Morgan fingerprint density at radius 3 is 3.20 bits per heavy atom. The second kappa shape index (κ2) is 2.05. The molecule has 2 N–H and O–H groups in total. The fourth-order valence-electron chi connectivity index (χ4n) is 1.31.